The lowest BCUT2D eigenvalue weighted by atomic mass is 10.2. The molecule has 0 bridgehead atoms. The van der Waals surface area contributed by atoms with Crippen molar-refractivity contribution in [3.63, 3.8) is 0 Å². The van der Waals surface area contributed by atoms with Gasteiger partial charge >= 0.3 is 6.36 Å². The Labute approximate surface area is 163 Å². The standard InChI is InChI=1S/C17H13F3N4O3S/c18-17(19,20)27-13-7-5-12(6-8-13)22-16(28)24-23-15(25)10-26-14-4-2-1-3-11(14)9-21/h1-8H,10H2,(H,23,25)(H2,22,24,28). The number of carbonyl (C=O) groups excluding carboxylic acids is 1. The third kappa shape index (κ3) is 7.00. The zero-order chi connectivity index (χ0) is 20.6. The first-order valence-electron chi connectivity index (χ1n) is 7.60. The third-order valence-electron chi connectivity index (χ3n) is 3.03. The normalized spacial score (nSPS) is 10.4. The Morgan fingerprint density at radius 1 is 1.11 bits per heavy atom. The maximum Gasteiger partial charge on any atom is 0.573 e. The van der Waals surface area contributed by atoms with Gasteiger partial charge in [-0.15, -0.1) is 13.2 Å². The van der Waals surface area contributed by atoms with Crippen LogP contribution < -0.4 is 25.6 Å². The van der Waals surface area contributed by atoms with E-state index in [1.54, 1.807) is 24.3 Å². The second-order valence-corrected chi connectivity index (χ2v) is 5.50. The second-order valence-electron chi connectivity index (χ2n) is 5.10. The lowest BCUT2D eigenvalue weighted by Gasteiger charge is -2.13. The topological polar surface area (TPSA) is 95.4 Å². The fraction of sp³-hybridized carbons (Fsp3) is 0.118. The molecule has 0 heterocycles. The van der Waals surface area contributed by atoms with Crippen molar-refractivity contribution >= 4 is 28.9 Å². The number of hydrogen-bond donors (Lipinski definition) is 3. The Bertz CT molecular complexity index is 882. The fourth-order valence-corrected chi connectivity index (χ4v) is 2.06. The van der Waals surface area contributed by atoms with Gasteiger partial charge in [-0.1, -0.05) is 12.1 Å². The van der Waals surface area contributed by atoms with Gasteiger partial charge in [-0.25, -0.2) is 0 Å². The van der Waals surface area contributed by atoms with E-state index >= 15 is 0 Å². The summed E-state index contributed by atoms with van der Waals surface area (Å²) in [4.78, 5) is 11.8. The maximum absolute atomic E-state index is 12.1. The number of benzene rings is 2. The molecule has 3 N–H and O–H groups in total. The lowest BCUT2D eigenvalue weighted by molar-refractivity contribution is -0.274. The third-order valence-corrected chi connectivity index (χ3v) is 3.23. The molecule has 0 atom stereocenters. The van der Waals surface area contributed by atoms with Crippen LogP contribution in [-0.4, -0.2) is 24.0 Å². The highest BCUT2D eigenvalue weighted by molar-refractivity contribution is 7.80. The van der Waals surface area contributed by atoms with Crippen LogP contribution in [0.3, 0.4) is 0 Å². The van der Waals surface area contributed by atoms with E-state index in [-0.39, 0.29) is 23.2 Å². The smallest absolute Gasteiger partial charge is 0.482 e. The van der Waals surface area contributed by atoms with Gasteiger partial charge in [0.05, 0.1) is 5.56 Å². The van der Waals surface area contributed by atoms with Crippen LogP contribution in [0.1, 0.15) is 5.56 Å². The van der Waals surface area contributed by atoms with Crippen molar-refractivity contribution in [2.75, 3.05) is 11.9 Å². The molecule has 0 fully saturated rings. The van der Waals surface area contributed by atoms with E-state index in [4.69, 9.17) is 22.2 Å². The van der Waals surface area contributed by atoms with Crippen LogP contribution >= 0.6 is 12.2 Å². The number of nitrogens with one attached hydrogen (secondary N) is 3. The van der Waals surface area contributed by atoms with E-state index in [0.717, 1.165) is 12.1 Å². The van der Waals surface area contributed by atoms with Crippen molar-refractivity contribution in [2.24, 2.45) is 0 Å². The molecule has 28 heavy (non-hydrogen) atoms. The summed E-state index contributed by atoms with van der Waals surface area (Å²) in [5, 5.41) is 11.6. The zero-order valence-electron chi connectivity index (χ0n) is 14.0. The molecular formula is C17H13F3N4O3S. The highest BCUT2D eigenvalue weighted by atomic mass is 32.1. The molecule has 0 radical (unpaired) electrons. The van der Waals surface area contributed by atoms with Crippen molar-refractivity contribution in [1.29, 1.82) is 5.26 Å². The summed E-state index contributed by atoms with van der Waals surface area (Å²) in [6.07, 6.45) is -4.77. The van der Waals surface area contributed by atoms with Gasteiger partial charge in [0.25, 0.3) is 5.91 Å². The Morgan fingerprint density at radius 3 is 2.43 bits per heavy atom. The molecule has 0 unspecified atom stereocenters. The van der Waals surface area contributed by atoms with Crippen LogP contribution in [0.15, 0.2) is 48.5 Å². The molecule has 1 amide bonds. The number of nitriles is 1. The van der Waals surface area contributed by atoms with E-state index in [0.29, 0.717) is 11.3 Å². The van der Waals surface area contributed by atoms with Crippen LogP contribution in [0.2, 0.25) is 0 Å². The molecule has 0 saturated heterocycles. The average molecular weight is 410 g/mol. The van der Waals surface area contributed by atoms with Crippen molar-refractivity contribution in [1.82, 2.24) is 10.9 Å². The number of anilines is 1. The van der Waals surface area contributed by atoms with Crippen LogP contribution in [0, 0.1) is 11.3 Å². The Kier molecular flexibility index (Phi) is 7.00. The molecule has 146 valence electrons. The quantitative estimate of drug-likeness (QED) is 0.515. The summed E-state index contributed by atoms with van der Waals surface area (Å²) in [6.45, 7) is -0.363. The minimum absolute atomic E-state index is 0.00438. The number of amides is 1. The number of carbonyl (C=O) groups is 1. The molecular weight excluding hydrogens is 397 g/mol. The summed E-state index contributed by atoms with van der Waals surface area (Å²) >= 11 is 4.96. The van der Waals surface area contributed by atoms with Crippen molar-refractivity contribution in [3.8, 4) is 17.6 Å². The summed E-state index contributed by atoms with van der Waals surface area (Å²) in [7, 11) is 0. The first-order chi connectivity index (χ1) is 13.3. The molecule has 7 nitrogen and oxygen atoms in total. The molecule has 0 aromatic heterocycles. The highest BCUT2D eigenvalue weighted by Crippen LogP contribution is 2.23. The van der Waals surface area contributed by atoms with E-state index in [2.05, 4.69) is 20.9 Å². The number of hydrogen-bond acceptors (Lipinski definition) is 5. The number of nitrogens with zero attached hydrogens (tertiary/aromatic N) is 1. The van der Waals surface area contributed by atoms with E-state index in [9.17, 15) is 18.0 Å². The fourth-order valence-electron chi connectivity index (χ4n) is 1.89. The van der Waals surface area contributed by atoms with Crippen LogP contribution in [-0.2, 0) is 4.79 Å². The first kappa shape index (κ1) is 20.8. The van der Waals surface area contributed by atoms with Gasteiger partial charge in [-0.05, 0) is 48.6 Å². The van der Waals surface area contributed by atoms with Crippen molar-refractivity contribution < 1.29 is 27.4 Å². The van der Waals surface area contributed by atoms with Crippen LogP contribution in [0.25, 0.3) is 0 Å². The SMILES string of the molecule is N#Cc1ccccc1OCC(=O)NNC(=S)Nc1ccc(OC(F)(F)F)cc1. The van der Waals surface area contributed by atoms with E-state index < -0.39 is 12.3 Å². The number of hydrazine groups is 1. The maximum atomic E-state index is 12.1. The molecule has 2 rings (SSSR count). The number of alkyl halides is 3. The number of ether oxygens (including phenoxy) is 2. The first-order valence-corrected chi connectivity index (χ1v) is 8.01. The van der Waals surface area contributed by atoms with Crippen LogP contribution in [0.5, 0.6) is 11.5 Å². The summed E-state index contributed by atoms with van der Waals surface area (Å²) < 4.78 is 45.3. The second kappa shape index (κ2) is 9.43. The predicted octanol–water partition coefficient (Wildman–Crippen LogP) is 2.85. The Morgan fingerprint density at radius 2 is 1.79 bits per heavy atom. The highest BCUT2D eigenvalue weighted by Gasteiger charge is 2.30. The van der Waals surface area contributed by atoms with Gasteiger partial charge < -0.3 is 14.8 Å². The molecule has 0 aliphatic carbocycles. The number of para-hydroxylation sites is 1. The predicted molar refractivity (Wildman–Crippen MR) is 97.3 cm³/mol. The van der Waals surface area contributed by atoms with Gasteiger partial charge in [-0.2, -0.15) is 5.26 Å². The summed E-state index contributed by atoms with van der Waals surface area (Å²) in [5.74, 6) is -0.673. The minimum atomic E-state index is -4.77. The summed E-state index contributed by atoms with van der Waals surface area (Å²) in [6, 6.07) is 13.2. The average Bonchev–Trinajstić information content (AvgIpc) is 2.65. The van der Waals surface area contributed by atoms with Gasteiger partial charge in [0, 0.05) is 5.69 Å². The molecule has 0 aliphatic rings. The van der Waals surface area contributed by atoms with Gasteiger partial charge in [0.2, 0.25) is 0 Å². The Hall–Kier alpha value is -3.52. The molecule has 2 aromatic rings. The van der Waals surface area contributed by atoms with Gasteiger partial charge in [-0.3, -0.25) is 15.6 Å². The van der Waals surface area contributed by atoms with E-state index in [1.165, 1.54) is 12.1 Å². The largest absolute Gasteiger partial charge is 0.573 e. The van der Waals surface area contributed by atoms with Crippen molar-refractivity contribution in [3.05, 3.63) is 54.1 Å². The number of halogens is 3. The molecule has 0 saturated carbocycles. The molecule has 0 spiro atoms. The van der Waals surface area contributed by atoms with E-state index in [1.807, 2.05) is 6.07 Å². The van der Waals surface area contributed by atoms with Gasteiger partial charge in [0.15, 0.2) is 11.7 Å². The van der Waals surface area contributed by atoms with Gasteiger partial charge in [0.1, 0.15) is 17.6 Å². The number of thiocarbonyl (C=S) groups is 1. The molecule has 11 heteroatoms. The number of rotatable bonds is 5. The van der Waals surface area contributed by atoms with Crippen LogP contribution in [0.4, 0.5) is 18.9 Å². The lowest BCUT2D eigenvalue weighted by Crippen LogP contribution is -2.45. The Balaban J connectivity index is 1.76. The summed E-state index contributed by atoms with van der Waals surface area (Å²) in [5.41, 5.74) is 5.36. The zero-order valence-corrected chi connectivity index (χ0v) is 14.9. The minimum Gasteiger partial charge on any atom is -0.482 e. The van der Waals surface area contributed by atoms with Crippen molar-refractivity contribution in [2.45, 2.75) is 6.36 Å². The molecule has 2 aromatic carbocycles. The molecule has 0 aliphatic heterocycles. The monoisotopic (exact) mass is 410 g/mol.